The van der Waals surface area contributed by atoms with E-state index in [0.717, 1.165) is 11.3 Å². The maximum absolute atomic E-state index is 13.8. The highest BCUT2D eigenvalue weighted by molar-refractivity contribution is 7.12. The molecule has 6 nitrogen and oxygen atoms in total. The quantitative estimate of drug-likeness (QED) is 0.357. The fourth-order valence-corrected chi connectivity index (χ4v) is 4.33. The second-order valence-corrected chi connectivity index (χ2v) is 8.89. The second kappa shape index (κ2) is 10.4. The van der Waals surface area contributed by atoms with Crippen LogP contribution in [0, 0.1) is 5.82 Å². The van der Waals surface area contributed by atoms with Crippen LogP contribution in [0.4, 0.5) is 15.8 Å². The number of rotatable bonds is 8. The lowest BCUT2D eigenvalue weighted by Crippen LogP contribution is -2.30. The molecule has 0 saturated carbocycles. The summed E-state index contributed by atoms with van der Waals surface area (Å²) in [6.45, 7) is 0.509. The third kappa shape index (κ3) is 5.52. The lowest BCUT2D eigenvalue weighted by Gasteiger charge is -2.26. The molecule has 0 aliphatic carbocycles. The van der Waals surface area contributed by atoms with Crippen LogP contribution >= 0.6 is 11.3 Å². The number of amides is 2. The first-order valence-electron chi connectivity index (χ1n) is 10.6. The number of anilines is 2. The van der Waals surface area contributed by atoms with E-state index in [1.807, 2.05) is 42.6 Å². The Labute approximate surface area is 201 Å². The number of nitrogens with one attached hydrogen (secondary N) is 1. The summed E-state index contributed by atoms with van der Waals surface area (Å²) >= 11 is 1.36. The van der Waals surface area contributed by atoms with Crippen molar-refractivity contribution in [1.82, 2.24) is 4.90 Å². The highest BCUT2D eigenvalue weighted by Gasteiger charge is 2.20. The fourth-order valence-electron chi connectivity index (χ4n) is 3.64. The summed E-state index contributed by atoms with van der Waals surface area (Å²) in [5.41, 5.74) is 3.01. The highest BCUT2D eigenvalue weighted by atomic mass is 32.1. The van der Waals surface area contributed by atoms with Crippen LogP contribution in [0.2, 0.25) is 0 Å². The van der Waals surface area contributed by atoms with Crippen LogP contribution in [0.3, 0.4) is 0 Å². The highest BCUT2D eigenvalue weighted by Crippen LogP contribution is 2.27. The first-order chi connectivity index (χ1) is 16.4. The van der Waals surface area contributed by atoms with Gasteiger partial charge in [0.2, 0.25) is 0 Å². The molecule has 2 aromatic heterocycles. The van der Waals surface area contributed by atoms with Gasteiger partial charge < -0.3 is 19.5 Å². The number of thiophene rings is 1. The van der Waals surface area contributed by atoms with E-state index in [1.54, 1.807) is 41.3 Å². The smallest absolute Gasteiger partial charge is 0.291 e. The molecule has 0 aliphatic heterocycles. The van der Waals surface area contributed by atoms with E-state index in [0.29, 0.717) is 16.1 Å². The van der Waals surface area contributed by atoms with Gasteiger partial charge in [-0.05, 0) is 65.0 Å². The number of carbonyl (C=O) groups excluding carboxylic acids is 2. The van der Waals surface area contributed by atoms with E-state index in [-0.39, 0.29) is 36.5 Å². The topological polar surface area (TPSA) is 65.8 Å². The Hall–Kier alpha value is -3.91. The summed E-state index contributed by atoms with van der Waals surface area (Å²) in [7, 11) is 3.83. The van der Waals surface area contributed by atoms with Gasteiger partial charge in [0.05, 0.1) is 11.1 Å². The first kappa shape index (κ1) is 23.3. The van der Waals surface area contributed by atoms with Gasteiger partial charge in [-0.3, -0.25) is 9.59 Å². The number of benzene rings is 2. The Morgan fingerprint density at radius 1 is 1.00 bits per heavy atom. The molecule has 0 fully saturated rings. The van der Waals surface area contributed by atoms with Crippen LogP contribution in [0.5, 0.6) is 0 Å². The number of hydrogen-bond acceptors (Lipinski definition) is 5. The van der Waals surface area contributed by atoms with Crippen molar-refractivity contribution < 1.29 is 18.4 Å². The van der Waals surface area contributed by atoms with E-state index >= 15 is 0 Å². The van der Waals surface area contributed by atoms with Crippen molar-refractivity contribution in [3.8, 4) is 0 Å². The Bertz CT molecular complexity index is 1270. The molecule has 2 heterocycles. The lowest BCUT2D eigenvalue weighted by molar-refractivity contribution is 0.0734. The lowest BCUT2D eigenvalue weighted by atomic mass is 10.1. The van der Waals surface area contributed by atoms with Gasteiger partial charge in [-0.25, -0.2) is 4.39 Å². The molecule has 1 N–H and O–H groups in total. The molecule has 4 rings (SSSR count). The van der Waals surface area contributed by atoms with E-state index in [9.17, 15) is 14.0 Å². The SMILES string of the molecule is CN(C)c1ccc(NC(=O)c2ccco2)cc1CN(Cc1cccc(F)c1)C(=O)c1cccs1. The summed E-state index contributed by atoms with van der Waals surface area (Å²) < 4.78 is 19.0. The Balaban J connectivity index is 1.65. The molecule has 0 radical (unpaired) electrons. The zero-order valence-electron chi connectivity index (χ0n) is 18.8. The molecular weight excluding hydrogens is 453 g/mol. The predicted octanol–water partition coefficient (Wildman–Crippen LogP) is 5.64. The maximum atomic E-state index is 13.8. The summed E-state index contributed by atoms with van der Waals surface area (Å²) in [5, 5.41) is 4.69. The molecule has 0 spiro atoms. The summed E-state index contributed by atoms with van der Waals surface area (Å²) in [4.78, 5) is 30.0. The third-order valence-electron chi connectivity index (χ3n) is 5.21. The molecule has 2 aromatic carbocycles. The molecule has 34 heavy (non-hydrogen) atoms. The molecule has 0 unspecified atom stereocenters. The van der Waals surface area contributed by atoms with Gasteiger partial charge in [0, 0.05) is 38.6 Å². The summed E-state index contributed by atoms with van der Waals surface area (Å²) in [6, 6.07) is 18.6. The van der Waals surface area contributed by atoms with Gasteiger partial charge in [0.1, 0.15) is 5.82 Å². The predicted molar refractivity (Wildman–Crippen MR) is 132 cm³/mol. The Morgan fingerprint density at radius 2 is 1.85 bits per heavy atom. The van der Waals surface area contributed by atoms with Gasteiger partial charge in [0.15, 0.2) is 5.76 Å². The van der Waals surface area contributed by atoms with Gasteiger partial charge in [-0.1, -0.05) is 18.2 Å². The number of furan rings is 1. The largest absolute Gasteiger partial charge is 0.459 e. The molecule has 2 amide bonds. The van der Waals surface area contributed by atoms with E-state index < -0.39 is 0 Å². The van der Waals surface area contributed by atoms with Crippen molar-refractivity contribution in [3.05, 3.63) is 106 Å². The molecular formula is C26H24FN3O3S. The van der Waals surface area contributed by atoms with Crippen molar-refractivity contribution in [2.75, 3.05) is 24.3 Å². The minimum absolute atomic E-state index is 0.144. The standard InChI is InChI=1S/C26H24FN3O3S/c1-29(2)22-11-10-21(28-25(31)23-8-4-12-33-23)15-19(22)17-30(26(32)24-9-5-13-34-24)16-18-6-3-7-20(27)14-18/h3-15H,16-17H2,1-2H3,(H,28,31). The van der Waals surface area contributed by atoms with Gasteiger partial charge in [0.25, 0.3) is 11.8 Å². The van der Waals surface area contributed by atoms with Gasteiger partial charge in [-0.2, -0.15) is 0 Å². The van der Waals surface area contributed by atoms with Crippen LogP contribution in [-0.4, -0.2) is 30.8 Å². The fraction of sp³-hybridized carbons (Fsp3) is 0.154. The van der Waals surface area contributed by atoms with Crippen LogP contribution in [0.1, 0.15) is 31.4 Å². The average molecular weight is 478 g/mol. The molecule has 0 bridgehead atoms. The van der Waals surface area contributed by atoms with Crippen molar-refractivity contribution in [2.45, 2.75) is 13.1 Å². The number of nitrogens with zero attached hydrogens (tertiary/aromatic N) is 2. The van der Waals surface area contributed by atoms with Crippen LogP contribution in [0.25, 0.3) is 0 Å². The molecule has 8 heteroatoms. The Kier molecular flexibility index (Phi) is 7.08. The van der Waals surface area contributed by atoms with Crippen LogP contribution in [0.15, 0.2) is 82.8 Å². The zero-order valence-corrected chi connectivity index (χ0v) is 19.6. The zero-order chi connectivity index (χ0) is 24.1. The van der Waals surface area contributed by atoms with Crippen molar-refractivity contribution in [3.63, 3.8) is 0 Å². The third-order valence-corrected chi connectivity index (χ3v) is 6.06. The van der Waals surface area contributed by atoms with E-state index in [2.05, 4.69) is 5.32 Å². The van der Waals surface area contributed by atoms with E-state index in [4.69, 9.17) is 4.42 Å². The van der Waals surface area contributed by atoms with Gasteiger partial charge >= 0.3 is 0 Å². The molecule has 4 aromatic rings. The minimum atomic E-state index is -0.361. The van der Waals surface area contributed by atoms with Crippen molar-refractivity contribution in [1.29, 1.82) is 0 Å². The first-order valence-corrected chi connectivity index (χ1v) is 11.5. The molecule has 174 valence electrons. The number of hydrogen-bond donors (Lipinski definition) is 1. The minimum Gasteiger partial charge on any atom is -0.459 e. The van der Waals surface area contributed by atoms with Crippen molar-refractivity contribution in [2.24, 2.45) is 0 Å². The maximum Gasteiger partial charge on any atom is 0.291 e. The number of carbonyl (C=O) groups is 2. The van der Waals surface area contributed by atoms with Crippen LogP contribution < -0.4 is 10.2 Å². The van der Waals surface area contributed by atoms with E-state index in [1.165, 1.54) is 29.7 Å². The van der Waals surface area contributed by atoms with Gasteiger partial charge in [-0.15, -0.1) is 11.3 Å². The number of halogens is 1. The normalized spacial score (nSPS) is 10.7. The average Bonchev–Trinajstić information content (AvgIpc) is 3.53. The molecule has 0 aliphatic rings. The molecule has 0 saturated heterocycles. The van der Waals surface area contributed by atoms with Crippen molar-refractivity contribution >= 4 is 34.5 Å². The summed E-state index contributed by atoms with van der Waals surface area (Å²) in [5.74, 6) is -0.648. The van der Waals surface area contributed by atoms with Crippen LogP contribution in [-0.2, 0) is 13.1 Å². The molecule has 0 atom stereocenters. The second-order valence-electron chi connectivity index (χ2n) is 7.94. The summed E-state index contributed by atoms with van der Waals surface area (Å²) in [6.07, 6.45) is 1.44. The Morgan fingerprint density at radius 3 is 2.53 bits per heavy atom. The monoisotopic (exact) mass is 477 g/mol.